The van der Waals surface area contributed by atoms with Crippen LogP contribution in [0.1, 0.15) is 15.9 Å². The Hall–Kier alpha value is -2.78. The Kier molecular flexibility index (Phi) is 6.05. The van der Waals surface area contributed by atoms with Gasteiger partial charge in [-0.05, 0) is 29.7 Å². The maximum atomic E-state index is 13.0. The first-order valence-electron chi connectivity index (χ1n) is 9.39. The SMILES string of the molecule is O=C(N[C@@H]1CS(O)(O)C[C@@H]1O)c1cc(-c2ccc(C(F)(F)F)cc2)nn(-c2cnsc2)c1=O. The Bertz CT molecular complexity index is 1230. The van der Waals surface area contributed by atoms with E-state index < -0.39 is 45.9 Å². The van der Waals surface area contributed by atoms with Gasteiger partial charge in [0.05, 0.1) is 46.8 Å². The third-order valence-corrected chi connectivity index (χ3v) is 7.34. The van der Waals surface area contributed by atoms with E-state index >= 15 is 0 Å². The number of aliphatic hydroxyl groups excluding tert-OH is 1. The van der Waals surface area contributed by atoms with E-state index in [9.17, 15) is 37.0 Å². The fraction of sp³-hybridized carbons (Fsp3) is 0.263. The van der Waals surface area contributed by atoms with Crippen molar-refractivity contribution in [3.05, 3.63) is 63.4 Å². The van der Waals surface area contributed by atoms with Gasteiger partial charge in [-0.15, -0.1) is 0 Å². The standard InChI is InChI=1S/C19H17F3N4O5S2/c20-19(21,22)11-3-1-10(2-4-11)14-5-13(18(29)26(25-14)12-6-23-32-7-12)17(28)24-15-8-33(30,31)9-16(15)27/h1-7,15-16,27,30-31H,8-9H2,(H,24,28)/t15-,16+/m1/s1. The van der Waals surface area contributed by atoms with E-state index in [1.165, 1.54) is 23.7 Å². The van der Waals surface area contributed by atoms with Crippen LogP contribution in [-0.2, 0) is 6.18 Å². The van der Waals surface area contributed by atoms with Gasteiger partial charge >= 0.3 is 6.18 Å². The van der Waals surface area contributed by atoms with E-state index in [0.717, 1.165) is 34.4 Å². The monoisotopic (exact) mass is 502 g/mol. The molecular weight excluding hydrogens is 485 g/mol. The number of amides is 1. The largest absolute Gasteiger partial charge is 0.416 e. The van der Waals surface area contributed by atoms with Crippen molar-refractivity contribution in [3.63, 3.8) is 0 Å². The van der Waals surface area contributed by atoms with E-state index in [4.69, 9.17) is 0 Å². The lowest BCUT2D eigenvalue weighted by atomic mass is 10.1. The summed E-state index contributed by atoms with van der Waals surface area (Å²) >= 11 is 1.03. The highest BCUT2D eigenvalue weighted by Gasteiger charge is 2.38. The van der Waals surface area contributed by atoms with Gasteiger partial charge in [-0.25, -0.2) is 0 Å². The summed E-state index contributed by atoms with van der Waals surface area (Å²) in [6.07, 6.45) is -4.40. The molecule has 2 atom stereocenters. The molecule has 3 heterocycles. The maximum Gasteiger partial charge on any atom is 0.416 e. The summed E-state index contributed by atoms with van der Waals surface area (Å²) in [6, 6.07) is 4.21. The molecule has 1 aromatic carbocycles. The van der Waals surface area contributed by atoms with Gasteiger partial charge in [-0.1, -0.05) is 12.1 Å². The van der Waals surface area contributed by atoms with Crippen molar-refractivity contribution >= 4 is 28.0 Å². The minimum atomic E-state index is -4.53. The van der Waals surface area contributed by atoms with Crippen LogP contribution in [0.5, 0.6) is 0 Å². The Labute approximate surface area is 190 Å². The minimum Gasteiger partial charge on any atom is -0.389 e. The van der Waals surface area contributed by atoms with Crippen molar-refractivity contribution in [2.45, 2.75) is 18.3 Å². The lowest BCUT2D eigenvalue weighted by Crippen LogP contribution is -2.44. The summed E-state index contributed by atoms with van der Waals surface area (Å²) in [5.74, 6) is -1.45. The average molecular weight is 502 g/mol. The van der Waals surface area contributed by atoms with Gasteiger partial charge in [-0.2, -0.15) is 37.9 Å². The van der Waals surface area contributed by atoms with Crippen molar-refractivity contribution in [3.8, 4) is 16.9 Å². The highest BCUT2D eigenvalue weighted by Crippen LogP contribution is 2.45. The Morgan fingerprint density at radius 3 is 2.45 bits per heavy atom. The number of hydrogen-bond acceptors (Lipinski definition) is 8. The van der Waals surface area contributed by atoms with Crippen molar-refractivity contribution < 1.29 is 32.2 Å². The second-order valence-corrected chi connectivity index (χ2v) is 10.3. The van der Waals surface area contributed by atoms with Crippen LogP contribution in [0.3, 0.4) is 0 Å². The summed E-state index contributed by atoms with van der Waals surface area (Å²) < 4.78 is 63.1. The fourth-order valence-corrected chi connectivity index (χ4v) is 5.64. The lowest BCUT2D eigenvalue weighted by Gasteiger charge is -2.25. The van der Waals surface area contributed by atoms with Gasteiger partial charge in [-0.3, -0.25) is 18.7 Å². The molecule has 9 nitrogen and oxygen atoms in total. The van der Waals surface area contributed by atoms with E-state index in [1.807, 2.05) is 0 Å². The van der Waals surface area contributed by atoms with Crippen LogP contribution < -0.4 is 10.9 Å². The quantitative estimate of drug-likeness (QED) is 0.430. The second kappa shape index (κ2) is 8.53. The number of alkyl halides is 3. The molecule has 14 heteroatoms. The van der Waals surface area contributed by atoms with Crippen molar-refractivity contribution in [2.75, 3.05) is 11.5 Å². The molecule has 4 rings (SSSR count). The van der Waals surface area contributed by atoms with Gasteiger partial charge in [0.1, 0.15) is 5.56 Å². The molecule has 0 aliphatic carbocycles. The predicted molar refractivity (Wildman–Crippen MR) is 116 cm³/mol. The third kappa shape index (κ3) is 4.94. The highest BCUT2D eigenvalue weighted by atomic mass is 32.3. The van der Waals surface area contributed by atoms with Crippen LogP contribution in [-0.4, -0.2) is 57.9 Å². The first kappa shape index (κ1) is 23.4. The first-order valence-corrected chi connectivity index (χ1v) is 12.1. The van der Waals surface area contributed by atoms with Gasteiger partial charge in [0.2, 0.25) is 0 Å². The Morgan fingerprint density at radius 1 is 1.21 bits per heavy atom. The smallest absolute Gasteiger partial charge is 0.389 e. The molecule has 33 heavy (non-hydrogen) atoms. The molecule has 0 bridgehead atoms. The van der Waals surface area contributed by atoms with Gasteiger partial charge in [0.15, 0.2) is 0 Å². The van der Waals surface area contributed by atoms with E-state index in [2.05, 4.69) is 14.8 Å². The van der Waals surface area contributed by atoms with Crippen LogP contribution in [0.15, 0.2) is 46.7 Å². The zero-order valence-electron chi connectivity index (χ0n) is 16.6. The number of aliphatic hydroxyl groups is 1. The number of nitrogens with zero attached hydrogens (tertiary/aromatic N) is 3. The molecule has 3 aromatic rings. The van der Waals surface area contributed by atoms with Crippen LogP contribution in [0.2, 0.25) is 0 Å². The molecule has 1 aliphatic rings. The fourth-order valence-electron chi connectivity index (χ4n) is 3.35. The van der Waals surface area contributed by atoms with Crippen LogP contribution in [0.25, 0.3) is 16.9 Å². The minimum absolute atomic E-state index is 0.0518. The predicted octanol–water partition coefficient (Wildman–Crippen LogP) is 2.60. The van der Waals surface area contributed by atoms with Gasteiger partial charge in [0, 0.05) is 10.9 Å². The molecule has 0 unspecified atom stereocenters. The third-order valence-electron chi connectivity index (χ3n) is 4.99. The molecule has 0 spiro atoms. The zero-order chi connectivity index (χ0) is 24.0. The highest BCUT2D eigenvalue weighted by molar-refractivity contribution is 8.24. The lowest BCUT2D eigenvalue weighted by molar-refractivity contribution is -0.137. The van der Waals surface area contributed by atoms with Crippen LogP contribution in [0, 0.1) is 0 Å². The molecule has 0 saturated carbocycles. The van der Waals surface area contributed by atoms with Crippen LogP contribution >= 0.6 is 22.1 Å². The zero-order valence-corrected chi connectivity index (χ0v) is 18.2. The van der Waals surface area contributed by atoms with Crippen molar-refractivity contribution in [1.29, 1.82) is 0 Å². The molecule has 1 aliphatic heterocycles. The number of benzene rings is 1. The number of nitrogens with one attached hydrogen (secondary N) is 1. The summed E-state index contributed by atoms with van der Waals surface area (Å²) in [6.45, 7) is 0. The molecule has 0 radical (unpaired) electrons. The molecule has 4 N–H and O–H groups in total. The molecule has 176 valence electrons. The maximum absolute atomic E-state index is 13.0. The molecule has 2 aromatic heterocycles. The summed E-state index contributed by atoms with van der Waals surface area (Å²) in [5.41, 5.74) is -1.54. The summed E-state index contributed by atoms with van der Waals surface area (Å²) in [7, 11) is -3.05. The summed E-state index contributed by atoms with van der Waals surface area (Å²) in [5, 5.41) is 18.1. The molecule has 1 saturated heterocycles. The van der Waals surface area contributed by atoms with Crippen molar-refractivity contribution in [2.24, 2.45) is 0 Å². The number of aromatic nitrogens is 3. The molecular formula is C19H17F3N4O5S2. The molecule has 1 fully saturated rings. The van der Waals surface area contributed by atoms with Gasteiger partial charge < -0.3 is 10.4 Å². The average Bonchev–Trinajstić information content (AvgIpc) is 3.35. The van der Waals surface area contributed by atoms with E-state index in [0.29, 0.717) is 0 Å². The van der Waals surface area contributed by atoms with Gasteiger partial charge in [0.25, 0.3) is 11.5 Å². The topological polar surface area (TPSA) is 138 Å². The number of carbonyl (C=O) groups is 1. The number of carbonyl (C=O) groups excluding carboxylic acids is 1. The van der Waals surface area contributed by atoms with E-state index in [-0.39, 0.29) is 34.0 Å². The number of hydrogen-bond donors (Lipinski definition) is 4. The van der Waals surface area contributed by atoms with Crippen LogP contribution in [0.4, 0.5) is 13.2 Å². The summed E-state index contributed by atoms with van der Waals surface area (Å²) in [4.78, 5) is 25.9. The normalized spacial score (nSPS) is 21.0. The van der Waals surface area contributed by atoms with E-state index in [1.54, 1.807) is 0 Å². The Balaban J connectivity index is 1.75. The number of rotatable bonds is 4. The second-order valence-electron chi connectivity index (χ2n) is 7.40. The van der Waals surface area contributed by atoms with Crippen molar-refractivity contribution in [1.82, 2.24) is 19.5 Å². The number of halogens is 3. The first-order chi connectivity index (χ1) is 15.4. The Morgan fingerprint density at radius 2 is 1.91 bits per heavy atom. The molecule has 1 amide bonds.